The second kappa shape index (κ2) is 10.8. The van der Waals surface area contributed by atoms with Crippen LogP contribution < -0.4 is 0 Å². The molecule has 5 rings (SSSR count). The van der Waals surface area contributed by atoms with Gasteiger partial charge in [-0.3, -0.25) is 0 Å². The van der Waals surface area contributed by atoms with Gasteiger partial charge in [-0.2, -0.15) is 0 Å². The van der Waals surface area contributed by atoms with Gasteiger partial charge in [-0.05, 0) is 52.5 Å². The molecular formula is C36H34. The average Bonchev–Trinajstić information content (AvgIpc) is 2.95. The molecule has 1 atom stereocenters. The van der Waals surface area contributed by atoms with Gasteiger partial charge in [0.25, 0.3) is 0 Å². The van der Waals surface area contributed by atoms with Crippen LogP contribution in [-0.4, -0.2) is 0 Å². The second-order valence-corrected chi connectivity index (χ2v) is 10.1. The quantitative estimate of drug-likeness (QED) is 0.190. The van der Waals surface area contributed by atoms with Crippen LogP contribution in [0.3, 0.4) is 0 Å². The number of benzene rings is 5. The molecule has 178 valence electrons. The lowest BCUT2D eigenvalue weighted by Crippen LogP contribution is -2.47. The molecule has 0 fully saturated rings. The minimum Gasteiger partial charge on any atom is -0.0622 e. The Hall–Kier alpha value is -3.90. The largest absolute Gasteiger partial charge is 0.0622 e. The number of aryl methyl sites for hydroxylation is 1. The number of rotatable bonds is 9. The lowest BCUT2D eigenvalue weighted by Gasteiger charge is -2.51. The van der Waals surface area contributed by atoms with Crippen molar-refractivity contribution in [2.45, 2.75) is 31.6 Å². The maximum Gasteiger partial charge on any atom is 0.0508 e. The van der Waals surface area contributed by atoms with Gasteiger partial charge in [0, 0.05) is 0 Å². The highest BCUT2D eigenvalue weighted by Gasteiger charge is 2.51. The van der Waals surface area contributed by atoms with E-state index in [1.807, 2.05) is 0 Å². The fourth-order valence-corrected chi connectivity index (χ4v) is 6.13. The molecule has 0 heteroatoms. The highest BCUT2D eigenvalue weighted by Crippen LogP contribution is 2.55. The van der Waals surface area contributed by atoms with Crippen molar-refractivity contribution in [3.8, 4) is 0 Å². The summed E-state index contributed by atoms with van der Waals surface area (Å²) in [5.41, 5.74) is 6.34. The van der Waals surface area contributed by atoms with Crippen molar-refractivity contribution in [3.05, 3.63) is 179 Å². The molecule has 0 N–H and O–H groups in total. The SMILES string of the molecule is CC(CCc1ccccc1)(Cc1ccccc1)C(c1ccccc1)(c1ccccc1)c1ccccc1. The van der Waals surface area contributed by atoms with Crippen molar-refractivity contribution in [1.29, 1.82) is 0 Å². The minimum atomic E-state index is -0.332. The van der Waals surface area contributed by atoms with Gasteiger partial charge < -0.3 is 0 Å². The molecule has 0 amide bonds. The average molecular weight is 467 g/mol. The maximum absolute atomic E-state index is 2.51. The molecule has 0 nitrogen and oxygen atoms in total. The Balaban J connectivity index is 1.78. The Bertz CT molecular complexity index is 1230. The lowest BCUT2D eigenvalue weighted by molar-refractivity contribution is 0.189. The molecule has 0 saturated carbocycles. The van der Waals surface area contributed by atoms with Crippen molar-refractivity contribution in [3.63, 3.8) is 0 Å². The molecule has 0 aromatic heterocycles. The monoisotopic (exact) mass is 466 g/mol. The molecule has 0 bridgehead atoms. The third-order valence-corrected chi connectivity index (χ3v) is 7.77. The van der Waals surface area contributed by atoms with E-state index < -0.39 is 0 Å². The zero-order chi connectivity index (χ0) is 24.7. The number of hydrogen-bond donors (Lipinski definition) is 0. The summed E-state index contributed by atoms with van der Waals surface area (Å²) in [6.45, 7) is 2.51. The van der Waals surface area contributed by atoms with Crippen LogP contribution in [0.4, 0.5) is 0 Å². The Morgan fingerprint density at radius 2 is 0.750 bits per heavy atom. The molecule has 0 radical (unpaired) electrons. The van der Waals surface area contributed by atoms with Crippen LogP contribution in [0.1, 0.15) is 41.2 Å². The van der Waals surface area contributed by atoms with Gasteiger partial charge in [-0.1, -0.05) is 159 Å². The van der Waals surface area contributed by atoms with Crippen LogP contribution in [-0.2, 0) is 18.3 Å². The summed E-state index contributed by atoms with van der Waals surface area (Å²) in [6, 6.07) is 55.4. The van der Waals surface area contributed by atoms with Gasteiger partial charge in [-0.25, -0.2) is 0 Å². The summed E-state index contributed by atoms with van der Waals surface area (Å²) < 4.78 is 0. The summed E-state index contributed by atoms with van der Waals surface area (Å²) in [7, 11) is 0. The molecule has 0 aliphatic carbocycles. The van der Waals surface area contributed by atoms with E-state index in [9.17, 15) is 0 Å². The minimum absolute atomic E-state index is 0.117. The summed E-state index contributed by atoms with van der Waals surface area (Å²) in [6.07, 6.45) is 3.04. The molecule has 0 aliphatic heterocycles. The van der Waals surface area contributed by atoms with E-state index in [4.69, 9.17) is 0 Å². The van der Waals surface area contributed by atoms with E-state index in [-0.39, 0.29) is 10.8 Å². The van der Waals surface area contributed by atoms with E-state index in [1.165, 1.54) is 27.8 Å². The van der Waals surface area contributed by atoms with E-state index in [0.717, 1.165) is 19.3 Å². The van der Waals surface area contributed by atoms with Crippen molar-refractivity contribution in [2.24, 2.45) is 5.41 Å². The highest BCUT2D eigenvalue weighted by molar-refractivity contribution is 5.53. The smallest absolute Gasteiger partial charge is 0.0508 e. The molecule has 0 spiro atoms. The zero-order valence-electron chi connectivity index (χ0n) is 21.1. The molecule has 0 saturated heterocycles. The Kier molecular flexibility index (Phi) is 7.14. The molecule has 1 unspecified atom stereocenters. The Labute approximate surface area is 216 Å². The first-order valence-corrected chi connectivity index (χ1v) is 13.0. The van der Waals surface area contributed by atoms with Gasteiger partial charge in [0.15, 0.2) is 0 Å². The molecule has 0 aliphatic rings. The van der Waals surface area contributed by atoms with Crippen LogP contribution in [0.5, 0.6) is 0 Å². The summed E-state index contributed by atoms with van der Waals surface area (Å²) in [4.78, 5) is 0. The molecular weight excluding hydrogens is 432 g/mol. The van der Waals surface area contributed by atoms with Gasteiger partial charge in [0.1, 0.15) is 0 Å². The fourth-order valence-electron chi connectivity index (χ4n) is 6.13. The molecule has 5 aromatic carbocycles. The predicted octanol–water partition coefficient (Wildman–Crippen LogP) is 8.90. The van der Waals surface area contributed by atoms with E-state index in [1.54, 1.807) is 0 Å². The maximum atomic E-state index is 2.51. The van der Waals surface area contributed by atoms with Crippen molar-refractivity contribution in [1.82, 2.24) is 0 Å². The van der Waals surface area contributed by atoms with E-state index in [2.05, 4.69) is 159 Å². The van der Waals surface area contributed by atoms with Gasteiger partial charge >= 0.3 is 0 Å². The van der Waals surface area contributed by atoms with Crippen LogP contribution in [0.2, 0.25) is 0 Å². The lowest BCUT2D eigenvalue weighted by atomic mass is 9.51. The third-order valence-electron chi connectivity index (χ3n) is 7.77. The summed E-state index contributed by atoms with van der Waals surface area (Å²) in [5.74, 6) is 0. The van der Waals surface area contributed by atoms with Gasteiger partial charge in [0.2, 0.25) is 0 Å². The first-order valence-electron chi connectivity index (χ1n) is 13.0. The normalized spacial score (nSPS) is 13.1. The van der Waals surface area contributed by atoms with E-state index in [0.29, 0.717) is 0 Å². The standard InChI is InChI=1S/C36H34/c1-35(29-31-19-9-3-10-20-31,28-27-30-17-7-2-8-18-30)36(32-21-11-4-12-22-32,33-23-13-5-14-24-33)34-25-15-6-16-26-34/h2-26H,27-29H2,1H3. The van der Waals surface area contributed by atoms with Crippen LogP contribution in [0.15, 0.2) is 152 Å². The third kappa shape index (κ3) is 4.64. The summed E-state index contributed by atoms with van der Waals surface area (Å²) >= 11 is 0. The molecule has 0 heterocycles. The first-order chi connectivity index (χ1) is 17.7. The second-order valence-electron chi connectivity index (χ2n) is 10.1. The predicted molar refractivity (Wildman–Crippen MR) is 152 cm³/mol. The van der Waals surface area contributed by atoms with Crippen LogP contribution in [0, 0.1) is 5.41 Å². The summed E-state index contributed by atoms with van der Waals surface area (Å²) in [5, 5.41) is 0. The Morgan fingerprint density at radius 3 is 1.14 bits per heavy atom. The van der Waals surface area contributed by atoms with Crippen LogP contribution >= 0.6 is 0 Å². The van der Waals surface area contributed by atoms with E-state index >= 15 is 0 Å². The van der Waals surface area contributed by atoms with Crippen molar-refractivity contribution >= 4 is 0 Å². The van der Waals surface area contributed by atoms with Gasteiger partial charge in [0.05, 0.1) is 5.41 Å². The molecule has 5 aromatic rings. The van der Waals surface area contributed by atoms with Crippen molar-refractivity contribution < 1.29 is 0 Å². The first kappa shape index (κ1) is 23.8. The topological polar surface area (TPSA) is 0 Å². The Morgan fingerprint density at radius 1 is 0.417 bits per heavy atom. The zero-order valence-corrected chi connectivity index (χ0v) is 21.1. The highest BCUT2D eigenvalue weighted by atomic mass is 14.5. The van der Waals surface area contributed by atoms with Crippen LogP contribution in [0.25, 0.3) is 0 Å². The fraction of sp³-hybridized carbons (Fsp3) is 0.167. The molecule has 36 heavy (non-hydrogen) atoms. The van der Waals surface area contributed by atoms with Crippen molar-refractivity contribution in [2.75, 3.05) is 0 Å². The number of hydrogen-bond acceptors (Lipinski definition) is 0. The van der Waals surface area contributed by atoms with Gasteiger partial charge in [-0.15, -0.1) is 0 Å².